The van der Waals surface area contributed by atoms with Crippen molar-refractivity contribution in [1.29, 1.82) is 0 Å². The van der Waals surface area contributed by atoms with E-state index in [1.165, 1.54) is 0 Å². The fraction of sp³-hybridized carbons (Fsp3) is 0.200. The fourth-order valence-corrected chi connectivity index (χ4v) is 0.680. The van der Waals surface area contributed by atoms with Crippen LogP contribution in [0.3, 0.4) is 0 Å². The van der Waals surface area contributed by atoms with Gasteiger partial charge >= 0.3 is 0 Å². The van der Waals surface area contributed by atoms with Crippen LogP contribution in [0.1, 0.15) is 12.8 Å². The topological polar surface area (TPSA) is 0 Å². The van der Waals surface area contributed by atoms with Crippen LogP contribution in [0, 0.1) is 53.9 Å². The average Bonchev–Trinajstić information content (AvgIpc) is 2.67. The van der Waals surface area contributed by atoms with Gasteiger partial charge in [0.05, 0.1) is 0 Å². The summed E-state index contributed by atoms with van der Waals surface area (Å²) in [5.41, 5.74) is 0. The van der Waals surface area contributed by atoms with Crippen molar-refractivity contribution in [3.63, 3.8) is 0 Å². The van der Waals surface area contributed by atoms with Crippen molar-refractivity contribution >= 4 is 0 Å². The van der Waals surface area contributed by atoms with Crippen molar-refractivity contribution in [2.75, 3.05) is 0 Å². The van der Waals surface area contributed by atoms with Crippen LogP contribution in [0.4, 0.5) is 0 Å². The monoisotopic (exact) mass is 270 g/mol. The Hall–Kier alpha value is 0.337. The molecule has 0 amide bonds. The molecular weight excluding hydrogens is 260 g/mol. The normalized spacial score (nSPS) is 16.0. The molecule has 0 aromatic heterocycles. The predicted molar refractivity (Wildman–Crippen MR) is 43.1 cm³/mol. The van der Waals surface area contributed by atoms with Crippen LogP contribution in [0.15, 0.2) is 36.5 Å². The second kappa shape index (κ2) is 8.43. The summed E-state index contributed by atoms with van der Waals surface area (Å²) in [7, 11) is 0. The first-order valence-corrected chi connectivity index (χ1v) is 3.43. The van der Waals surface area contributed by atoms with Gasteiger partial charge in [0, 0.05) is 41.7 Å². The minimum atomic E-state index is 0. The molecule has 1 heteroatoms. The second-order valence-electron chi connectivity index (χ2n) is 2.01. The first kappa shape index (κ1) is 11.3. The second-order valence-corrected chi connectivity index (χ2v) is 2.01. The van der Waals surface area contributed by atoms with E-state index in [2.05, 4.69) is 24.3 Å². The first-order valence-electron chi connectivity index (χ1n) is 3.43. The summed E-state index contributed by atoms with van der Waals surface area (Å²) in [5.74, 6) is 0. The molecule has 0 nitrogen and oxygen atoms in total. The Labute approximate surface area is 102 Å². The number of rotatable bonds is 0. The van der Waals surface area contributed by atoms with Gasteiger partial charge in [-0.3, -0.25) is 12.2 Å². The Morgan fingerprint density at radius 3 is 1.36 bits per heavy atom. The molecule has 0 spiro atoms. The van der Waals surface area contributed by atoms with Crippen molar-refractivity contribution in [3.05, 3.63) is 48.6 Å². The predicted octanol–water partition coefficient (Wildman–Crippen LogP) is 2.61. The largest absolute Gasteiger partial charge is 0.273 e. The SMILES string of the molecule is [C-]1=CC=CC1.[C-]1=CC=CC1.[Ce]. The first-order chi connectivity index (χ1) is 5.00. The molecule has 0 aromatic carbocycles. The van der Waals surface area contributed by atoms with Crippen LogP contribution >= 0.6 is 0 Å². The molecule has 0 heterocycles. The summed E-state index contributed by atoms with van der Waals surface area (Å²) >= 11 is 0. The van der Waals surface area contributed by atoms with Crippen LogP contribution in [0.5, 0.6) is 0 Å². The Morgan fingerprint density at radius 1 is 0.818 bits per heavy atom. The van der Waals surface area contributed by atoms with Crippen LogP contribution in [0.25, 0.3) is 0 Å². The number of hydrogen-bond acceptors (Lipinski definition) is 0. The quantitative estimate of drug-likeness (QED) is 0.594. The molecule has 2 aliphatic rings. The molecule has 56 valence electrons. The molecule has 0 saturated heterocycles. The van der Waals surface area contributed by atoms with E-state index in [4.69, 9.17) is 0 Å². The van der Waals surface area contributed by atoms with Gasteiger partial charge in [-0.25, -0.2) is 24.3 Å². The maximum Gasteiger partial charge on any atom is 0 e. The molecular formula is C10H10Ce-2. The Kier molecular flexibility index (Phi) is 8.69. The zero-order valence-electron chi connectivity index (χ0n) is 6.38. The molecule has 0 N–H and O–H groups in total. The van der Waals surface area contributed by atoms with Gasteiger partial charge in [-0.15, -0.1) is 12.8 Å². The van der Waals surface area contributed by atoms with Gasteiger partial charge in [-0.2, -0.15) is 12.2 Å². The zero-order chi connectivity index (χ0) is 7.07. The van der Waals surface area contributed by atoms with E-state index in [1.54, 1.807) is 0 Å². The maximum absolute atomic E-state index is 2.99. The van der Waals surface area contributed by atoms with Gasteiger partial charge < -0.3 is 0 Å². The Bertz CT molecular complexity index is 143. The summed E-state index contributed by atoms with van der Waals surface area (Å²) in [6.07, 6.45) is 20.0. The smallest absolute Gasteiger partial charge is 0 e. The molecule has 2 rings (SSSR count). The molecule has 0 bridgehead atoms. The van der Waals surface area contributed by atoms with E-state index in [-0.39, 0.29) is 41.7 Å². The molecule has 11 heavy (non-hydrogen) atoms. The minimum Gasteiger partial charge on any atom is -0.273 e. The third kappa shape index (κ3) is 6.72. The van der Waals surface area contributed by atoms with Crippen molar-refractivity contribution < 1.29 is 41.7 Å². The Balaban J connectivity index is 0.000000167. The minimum absolute atomic E-state index is 0. The molecule has 0 aromatic rings. The summed E-state index contributed by atoms with van der Waals surface area (Å²) in [6, 6.07) is 0. The van der Waals surface area contributed by atoms with Gasteiger partial charge in [0.2, 0.25) is 0 Å². The molecule has 0 unspecified atom stereocenters. The summed E-state index contributed by atoms with van der Waals surface area (Å²) in [6.45, 7) is 0. The van der Waals surface area contributed by atoms with Gasteiger partial charge in [-0.05, 0) is 0 Å². The van der Waals surface area contributed by atoms with Crippen molar-refractivity contribution in [3.8, 4) is 0 Å². The zero-order valence-corrected chi connectivity index (χ0v) is 9.52. The van der Waals surface area contributed by atoms with Crippen LogP contribution in [-0.4, -0.2) is 0 Å². The summed E-state index contributed by atoms with van der Waals surface area (Å²) in [4.78, 5) is 0. The molecule has 0 aliphatic heterocycles. The van der Waals surface area contributed by atoms with Gasteiger partial charge in [0.25, 0.3) is 0 Å². The summed E-state index contributed by atoms with van der Waals surface area (Å²) < 4.78 is 0. The van der Waals surface area contributed by atoms with Crippen molar-refractivity contribution in [2.24, 2.45) is 0 Å². The average molecular weight is 270 g/mol. The van der Waals surface area contributed by atoms with E-state index in [9.17, 15) is 0 Å². The summed E-state index contributed by atoms with van der Waals surface area (Å²) in [5, 5.41) is 0. The molecule has 0 saturated carbocycles. The molecule has 0 fully saturated rings. The molecule has 2 aliphatic carbocycles. The Morgan fingerprint density at radius 2 is 1.27 bits per heavy atom. The van der Waals surface area contributed by atoms with Crippen molar-refractivity contribution in [1.82, 2.24) is 0 Å². The number of allylic oxidation sites excluding steroid dienone is 8. The third-order valence-corrected chi connectivity index (χ3v) is 1.17. The van der Waals surface area contributed by atoms with Gasteiger partial charge in [-0.1, -0.05) is 0 Å². The van der Waals surface area contributed by atoms with E-state index < -0.39 is 0 Å². The standard InChI is InChI=1S/2C5H5.Ce/c2*1-2-4-5-3-1;/h2*1-3H,4H2;/q2*-1;. The fourth-order valence-electron chi connectivity index (χ4n) is 0.680. The molecule has 0 atom stereocenters. The van der Waals surface area contributed by atoms with Gasteiger partial charge in [0.1, 0.15) is 0 Å². The maximum atomic E-state index is 2.99. The number of hydrogen-bond donors (Lipinski definition) is 0. The van der Waals surface area contributed by atoms with E-state index >= 15 is 0 Å². The van der Waals surface area contributed by atoms with E-state index in [1.807, 2.05) is 24.3 Å². The van der Waals surface area contributed by atoms with E-state index in [0.717, 1.165) is 12.8 Å². The molecule has 0 radical (unpaired) electrons. The van der Waals surface area contributed by atoms with Crippen LogP contribution in [-0.2, 0) is 0 Å². The van der Waals surface area contributed by atoms with Crippen LogP contribution in [0.2, 0.25) is 0 Å². The third-order valence-electron chi connectivity index (χ3n) is 1.17. The van der Waals surface area contributed by atoms with Gasteiger partial charge in [0.15, 0.2) is 0 Å². The van der Waals surface area contributed by atoms with Crippen LogP contribution < -0.4 is 0 Å². The van der Waals surface area contributed by atoms with Crippen molar-refractivity contribution in [2.45, 2.75) is 12.8 Å². The van der Waals surface area contributed by atoms with E-state index in [0.29, 0.717) is 0 Å².